The van der Waals surface area contributed by atoms with Crippen molar-refractivity contribution < 1.29 is 9.59 Å². The second kappa shape index (κ2) is 6.86. The number of benzene rings is 2. The quantitative estimate of drug-likeness (QED) is 0.772. The van der Waals surface area contributed by atoms with Crippen LogP contribution in [0.4, 0.5) is 5.69 Å². The number of rotatable bonds is 3. The minimum Gasteiger partial charge on any atom is -0.364 e. The number of nitrogens with one attached hydrogen (secondary N) is 1. The molecule has 1 fully saturated rings. The molecule has 2 aromatic rings. The summed E-state index contributed by atoms with van der Waals surface area (Å²) in [5.74, 6) is 1.26. The molecule has 2 amide bonds. The number of carbonyl (C=O) groups excluding carboxylic acids is 2. The van der Waals surface area contributed by atoms with Gasteiger partial charge in [0.25, 0.3) is 11.8 Å². The van der Waals surface area contributed by atoms with Crippen molar-refractivity contribution in [3.8, 4) is 0 Å². The van der Waals surface area contributed by atoms with Gasteiger partial charge in [0.1, 0.15) is 0 Å². The van der Waals surface area contributed by atoms with E-state index in [4.69, 9.17) is 0 Å². The van der Waals surface area contributed by atoms with Gasteiger partial charge in [0.2, 0.25) is 0 Å². The summed E-state index contributed by atoms with van der Waals surface area (Å²) in [4.78, 5) is 31.4. The largest absolute Gasteiger partial charge is 0.364 e. The average Bonchev–Trinajstić information content (AvgIpc) is 3.06. The Labute approximate surface area is 180 Å². The number of nitrogens with zero attached hydrogens (tertiary/aromatic N) is 2. The first-order valence-corrected chi connectivity index (χ1v) is 11.9. The molecular weight excluding hydrogens is 394 g/mol. The highest BCUT2D eigenvalue weighted by molar-refractivity contribution is 7.99. The van der Waals surface area contributed by atoms with Crippen LogP contribution in [-0.4, -0.2) is 54.2 Å². The summed E-state index contributed by atoms with van der Waals surface area (Å²) in [5.41, 5.74) is 3.92. The summed E-state index contributed by atoms with van der Waals surface area (Å²) in [6, 6.07) is 13.9. The van der Waals surface area contributed by atoms with Crippen LogP contribution in [0.5, 0.6) is 0 Å². The summed E-state index contributed by atoms with van der Waals surface area (Å²) in [6.07, 6.45) is 3.02. The van der Waals surface area contributed by atoms with E-state index < -0.39 is 0 Å². The normalized spacial score (nSPS) is 27.0. The highest BCUT2D eigenvalue weighted by Crippen LogP contribution is 2.56. The standard InChI is InChI=1S/C24H25N3O2S/c28-22-16-5-1-2-6-17(16)23(29)26(22)13-10-24-9-11-25-15-19(24)18-7-3-8-20-21(18)27(24)12-4-14-30-20/h1-3,5-8,19,25H,4,9-15H2. The highest BCUT2D eigenvalue weighted by Gasteiger charge is 2.53. The van der Waals surface area contributed by atoms with E-state index in [1.165, 1.54) is 21.0 Å². The van der Waals surface area contributed by atoms with Crippen LogP contribution >= 0.6 is 11.8 Å². The van der Waals surface area contributed by atoms with Gasteiger partial charge in [0.15, 0.2) is 0 Å². The molecule has 30 heavy (non-hydrogen) atoms. The van der Waals surface area contributed by atoms with Crippen molar-refractivity contribution in [3.63, 3.8) is 0 Å². The van der Waals surface area contributed by atoms with E-state index in [0.717, 1.165) is 44.6 Å². The molecule has 6 rings (SSSR count). The maximum absolute atomic E-state index is 12.9. The SMILES string of the molecule is O=C1c2ccccc2C(=O)N1CCC12CCNCC1c1cccc3c1N2CCCS3. The molecule has 0 radical (unpaired) electrons. The van der Waals surface area contributed by atoms with Gasteiger partial charge in [-0.3, -0.25) is 14.5 Å². The molecule has 0 aliphatic carbocycles. The molecule has 5 nitrogen and oxygen atoms in total. The van der Waals surface area contributed by atoms with Crippen molar-refractivity contribution in [2.45, 2.75) is 35.6 Å². The molecule has 1 saturated heterocycles. The van der Waals surface area contributed by atoms with Gasteiger partial charge in [-0.05, 0) is 55.3 Å². The first kappa shape index (κ1) is 18.5. The third-order valence-corrected chi connectivity index (χ3v) is 8.51. The number of piperidine rings is 1. The first-order valence-electron chi connectivity index (χ1n) is 10.9. The molecule has 4 heterocycles. The molecule has 0 aromatic heterocycles. The monoisotopic (exact) mass is 419 g/mol. The lowest BCUT2D eigenvalue weighted by Gasteiger charge is -2.47. The van der Waals surface area contributed by atoms with E-state index in [-0.39, 0.29) is 17.4 Å². The van der Waals surface area contributed by atoms with Crippen LogP contribution in [0.1, 0.15) is 51.5 Å². The molecule has 154 valence electrons. The van der Waals surface area contributed by atoms with Crippen LogP contribution in [0.25, 0.3) is 0 Å². The summed E-state index contributed by atoms with van der Waals surface area (Å²) >= 11 is 1.97. The van der Waals surface area contributed by atoms with Gasteiger partial charge in [-0.2, -0.15) is 0 Å². The Morgan fingerprint density at radius 2 is 1.87 bits per heavy atom. The van der Waals surface area contributed by atoms with Gasteiger partial charge < -0.3 is 10.2 Å². The van der Waals surface area contributed by atoms with E-state index in [1.807, 2.05) is 23.9 Å². The third kappa shape index (κ3) is 2.47. The maximum atomic E-state index is 12.9. The second-order valence-corrected chi connectivity index (χ2v) is 9.85. The molecule has 2 atom stereocenters. The maximum Gasteiger partial charge on any atom is 0.261 e. The number of para-hydroxylation sites is 1. The summed E-state index contributed by atoms with van der Waals surface area (Å²) in [6.45, 7) is 3.47. The Balaban J connectivity index is 1.35. The minimum absolute atomic E-state index is 0.0239. The smallest absolute Gasteiger partial charge is 0.261 e. The molecule has 0 bridgehead atoms. The van der Waals surface area contributed by atoms with Crippen LogP contribution in [0, 0.1) is 0 Å². The molecule has 6 heteroatoms. The summed E-state index contributed by atoms with van der Waals surface area (Å²) < 4.78 is 0. The number of carbonyl (C=O) groups is 2. The Kier molecular flexibility index (Phi) is 4.22. The van der Waals surface area contributed by atoms with Gasteiger partial charge in [0.05, 0.1) is 22.4 Å². The Hall–Kier alpha value is -2.31. The van der Waals surface area contributed by atoms with E-state index >= 15 is 0 Å². The number of hydrogen-bond acceptors (Lipinski definition) is 5. The molecule has 2 unspecified atom stereocenters. The van der Waals surface area contributed by atoms with Crippen LogP contribution < -0.4 is 10.2 Å². The lowest BCUT2D eigenvalue weighted by molar-refractivity contribution is 0.0635. The van der Waals surface area contributed by atoms with Crippen molar-refractivity contribution >= 4 is 29.3 Å². The fourth-order valence-corrected chi connectivity index (χ4v) is 7.04. The number of thioether (sulfide) groups is 1. The number of amides is 2. The molecular formula is C24H25N3O2S. The van der Waals surface area contributed by atoms with Crippen molar-refractivity contribution in [1.29, 1.82) is 0 Å². The summed E-state index contributed by atoms with van der Waals surface area (Å²) in [7, 11) is 0. The molecule has 0 spiro atoms. The van der Waals surface area contributed by atoms with Crippen LogP contribution in [0.2, 0.25) is 0 Å². The van der Waals surface area contributed by atoms with Crippen molar-refractivity contribution in [3.05, 3.63) is 59.2 Å². The minimum atomic E-state index is -0.139. The third-order valence-electron chi connectivity index (χ3n) is 7.38. The van der Waals surface area contributed by atoms with Gasteiger partial charge >= 0.3 is 0 Å². The lowest BCUT2D eigenvalue weighted by atomic mass is 9.74. The Morgan fingerprint density at radius 1 is 1.07 bits per heavy atom. The second-order valence-electron chi connectivity index (χ2n) is 8.72. The zero-order valence-corrected chi connectivity index (χ0v) is 17.7. The molecule has 4 aliphatic rings. The lowest BCUT2D eigenvalue weighted by Crippen LogP contribution is -2.57. The number of hydrogen-bond donors (Lipinski definition) is 1. The number of anilines is 1. The van der Waals surface area contributed by atoms with Crippen LogP contribution in [-0.2, 0) is 0 Å². The topological polar surface area (TPSA) is 52.7 Å². The van der Waals surface area contributed by atoms with Crippen molar-refractivity contribution in [1.82, 2.24) is 10.2 Å². The molecule has 4 aliphatic heterocycles. The van der Waals surface area contributed by atoms with Gasteiger partial charge in [0, 0.05) is 30.4 Å². The Morgan fingerprint density at radius 3 is 2.67 bits per heavy atom. The van der Waals surface area contributed by atoms with Gasteiger partial charge in [-0.25, -0.2) is 0 Å². The van der Waals surface area contributed by atoms with Gasteiger partial charge in [-0.15, -0.1) is 11.8 Å². The van der Waals surface area contributed by atoms with E-state index in [2.05, 4.69) is 28.4 Å². The zero-order valence-electron chi connectivity index (χ0n) is 16.9. The average molecular weight is 420 g/mol. The van der Waals surface area contributed by atoms with E-state index in [9.17, 15) is 9.59 Å². The first-order chi connectivity index (χ1) is 14.7. The van der Waals surface area contributed by atoms with Crippen molar-refractivity contribution in [2.24, 2.45) is 0 Å². The predicted molar refractivity (Wildman–Crippen MR) is 119 cm³/mol. The number of fused-ring (bicyclic) bond motifs is 4. The van der Waals surface area contributed by atoms with E-state index in [0.29, 0.717) is 23.6 Å². The fourth-order valence-electron chi connectivity index (χ4n) is 6.01. The Bertz CT molecular complexity index is 1020. The van der Waals surface area contributed by atoms with Gasteiger partial charge in [-0.1, -0.05) is 24.3 Å². The molecule has 0 saturated carbocycles. The fraction of sp³-hybridized carbons (Fsp3) is 0.417. The van der Waals surface area contributed by atoms with Crippen molar-refractivity contribution in [2.75, 3.05) is 36.8 Å². The zero-order chi connectivity index (χ0) is 20.3. The molecule has 1 N–H and O–H groups in total. The summed E-state index contributed by atoms with van der Waals surface area (Å²) in [5, 5.41) is 3.60. The molecule has 2 aromatic carbocycles. The predicted octanol–water partition coefficient (Wildman–Crippen LogP) is 3.50. The van der Waals surface area contributed by atoms with E-state index in [1.54, 1.807) is 12.1 Å². The number of imide groups is 1. The highest BCUT2D eigenvalue weighted by atomic mass is 32.2. The van der Waals surface area contributed by atoms with Crippen LogP contribution in [0.3, 0.4) is 0 Å². The van der Waals surface area contributed by atoms with Crippen LogP contribution in [0.15, 0.2) is 47.4 Å².